The van der Waals surface area contributed by atoms with E-state index >= 15 is 0 Å². The van der Waals surface area contributed by atoms with Gasteiger partial charge in [0.05, 0.1) is 18.8 Å². The maximum absolute atomic E-state index is 13.3. The number of nitrogens with zero attached hydrogens (tertiary/aromatic N) is 2. The first-order chi connectivity index (χ1) is 14.6. The molecule has 1 unspecified atom stereocenters. The number of aromatic nitrogens is 1. The van der Waals surface area contributed by atoms with E-state index in [-0.39, 0.29) is 18.5 Å². The van der Waals surface area contributed by atoms with Crippen molar-refractivity contribution in [3.63, 3.8) is 0 Å². The standard InChI is InChI=1S/C22H21N3O3S2/c1-2-28-16-7-5-14(6-8-16)19-23-15(13-30-19)12-25-20(26)22(24-21(25)27)10-3-4-18-17(22)9-11-29-18/h5-9,11,13H,2-4,10,12H2,1H3,(H,24,27). The first-order valence-corrected chi connectivity index (χ1v) is 11.8. The quantitative estimate of drug-likeness (QED) is 0.592. The first kappa shape index (κ1) is 19.3. The molecule has 1 aliphatic carbocycles. The van der Waals surface area contributed by atoms with Gasteiger partial charge in [-0.3, -0.25) is 9.69 Å². The number of thiophene rings is 1. The molecule has 1 spiro atoms. The predicted octanol–water partition coefficient (Wildman–Crippen LogP) is 4.55. The van der Waals surface area contributed by atoms with Crippen LogP contribution in [-0.4, -0.2) is 28.4 Å². The zero-order chi connectivity index (χ0) is 20.7. The third-order valence-electron chi connectivity index (χ3n) is 5.62. The Labute approximate surface area is 182 Å². The minimum absolute atomic E-state index is 0.164. The number of carbonyl (C=O) groups excluding carboxylic acids is 2. The van der Waals surface area contributed by atoms with E-state index in [1.54, 1.807) is 11.3 Å². The summed E-state index contributed by atoms with van der Waals surface area (Å²) in [6, 6.07) is 9.42. The molecule has 154 valence electrons. The van der Waals surface area contributed by atoms with Crippen molar-refractivity contribution in [1.82, 2.24) is 15.2 Å². The number of carbonyl (C=O) groups is 2. The molecule has 3 amide bonds. The summed E-state index contributed by atoms with van der Waals surface area (Å²) in [7, 11) is 0. The highest BCUT2D eigenvalue weighted by Gasteiger charge is 2.54. The maximum atomic E-state index is 13.3. The van der Waals surface area contributed by atoms with Crippen LogP contribution < -0.4 is 10.1 Å². The Bertz CT molecular complexity index is 1110. The lowest BCUT2D eigenvalue weighted by atomic mass is 9.80. The number of aryl methyl sites for hydroxylation is 1. The highest BCUT2D eigenvalue weighted by Crippen LogP contribution is 2.42. The van der Waals surface area contributed by atoms with Crippen LogP contribution in [0.1, 0.15) is 35.9 Å². The smallest absolute Gasteiger partial charge is 0.325 e. The van der Waals surface area contributed by atoms with Crippen molar-refractivity contribution >= 4 is 34.6 Å². The van der Waals surface area contributed by atoms with Crippen LogP contribution in [0, 0.1) is 0 Å². The van der Waals surface area contributed by atoms with Gasteiger partial charge in [-0.2, -0.15) is 0 Å². The van der Waals surface area contributed by atoms with E-state index in [2.05, 4.69) is 10.3 Å². The molecule has 2 aromatic heterocycles. The molecule has 0 bridgehead atoms. The summed E-state index contributed by atoms with van der Waals surface area (Å²) in [6.07, 6.45) is 2.51. The second kappa shape index (κ2) is 7.52. The largest absolute Gasteiger partial charge is 0.494 e. The Kier molecular flexibility index (Phi) is 4.83. The van der Waals surface area contributed by atoms with Crippen LogP contribution in [0.4, 0.5) is 4.79 Å². The molecule has 1 fully saturated rings. The minimum Gasteiger partial charge on any atom is -0.494 e. The zero-order valence-electron chi connectivity index (χ0n) is 16.5. The molecule has 2 aliphatic rings. The Balaban J connectivity index is 1.36. The van der Waals surface area contributed by atoms with Gasteiger partial charge in [0, 0.05) is 21.4 Å². The number of fused-ring (bicyclic) bond motifs is 2. The Morgan fingerprint density at radius 1 is 1.20 bits per heavy atom. The van der Waals surface area contributed by atoms with Crippen molar-refractivity contribution in [1.29, 1.82) is 0 Å². The summed E-state index contributed by atoms with van der Waals surface area (Å²) in [5.41, 5.74) is 1.76. The van der Waals surface area contributed by atoms with Gasteiger partial charge in [-0.1, -0.05) is 0 Å². The molecule has 0 saturated carbocycles. The van der Waals surface area contributed by atoms with Crippen LogP contribution in [0.3, 0.4) is 0 Å². The van der Waals surface area contributed by atoms with Gasteiger partial charge in [0.2, 0.25) is 0 Å². The lowest BCUT2D eigenvalue weighted by molar-refractivity contribution is -0.132. The summed E-state index contributed by atoms with van der Waals surface area (Å²) < 4.78 is 5.48. The number of urea groups is 1. The van der Waals surface area contributed by atoms with Gasteiger partial charge in [0.15, 0.2) is 0 Å². The van der Waals surface area contributed by atoms with Crippen molar-refractivity contribution in [2.24, 2.45) is 0 Å². The van der Waals surface area contributed by atoms with Crippen molar-refractivity contribution in [2.45, 2.75) is 38.3 Å². The molecular formula is C22H21N3O3S2. The van der Waals surface area contributed by atoms with Gasteiger partial charge in [0.1, 0.15) is 16.3 Å². The van der Waals surface area contributed by atoms with Gasteiger partial charge >= 0.3 is 6.03 Å². The van der Waals surface area contributed by atoms with Crippen LogP contribution in [0.15, 0.2) is 41.1 Å². The first-order valence-electron chi connectivity index (χ1n) is 9.99. The van der Waals surface area contributed by atoms with Crippen molar-refractivity contribution in [2.75, 3.05) is 6.61 Å². The van der Waals surface area contributed by atoms with Crippen LogP contribution in [0.5, 0.6) is 5.75 Å². The number of imide groups is 1. The van der Waals surface area contributed by atoms with Crippen LogP contribution >= 0.6 is 22.7 Å². The second-order valence-electron chi connectivity index (χ2n) is 7.44. The van der Waals surface area contributed by atoms with Crippen molar-refractivity contribution < 1.29 is 14.3 Å². The van der Waals surface area contributed by atoms with Gasteiger partial charge in [0.25, 0.3) is 5.91 Å². The topological polar surface area (TPSA) is 71.5 Å². The van der Waals surface area contributed by atoms with Crippen molar-refractivity contribution in [3.8, 4) is 16.3 Å². The van der Waals surface area contributed by atoms with E-state index in [1.807, 2.05) is 48.0 Å². The number of hydrogen-bond donors (Lipinski definition) is 1. The maximum Gasteiger partial charge on any atom is 0.325 e. The SMILES string of the molecule is CCOc1ccc(-c2nc(CN3C(=O)NC4(CCCc5sccc54)C3=O)cs2)cc1. The molecule has 1 aliphatic heterocycles. The predicted molar refractivity (Wildman–Crippen MR) is 117 cm³/mol. The van der Waals surface area contributed by atoms with E-state index in [1.165, 1.54) is 21.1 Å². The van der Waals surface area contributed by atoms with E-state index in [4.69, 9.17) is 4.74 Å². The summed E-state index contributed by atoms with van der Waals surface area (Å²) >= 11 is 3.16. The molecule has 30 heavy (non-hydrogen) atoms. The number of ether oxygens (including phenoxy) is 1. The average Bonchev–Trinajstić information content (AvgIpc) is 3.46. The number of nitrogens with one attached hydrogen (secondary N) is 1. The number of amides is 3. The highest BCUT2D eigenvalue weighted by atomic mass is 32.1. The second-order valence-corrected chi connectivity index (χ2v) is 9.30. The molecule has 3 heterocycles. The number of hydrogen-bond acceptors (Lipinski definition) is 6. The van der Waals surface area contributed by atoms with Gasteiger partial charge in [-0.25, -0.2) is 9.78 Å². The number of thiazole rings is 1. The van der Waals surface area contributed by atoms with Crippen LogP contribution in [-0.2, 0) is 23.3 Å². The summed E-state index contributed by atoms with van der Waals surface area (Å²) in [5.74, 6) is 0.658. The summed E-state index contributed by atoms with van der Waals surface area (Å²) in [6.45, 7) is 2.76. The summed E-state index contributed by atoms with van der Waals surface area (Å²) in [4.78, 5) is 33.2. The van der Waals surface area contributed by atoms with Crippen LogP contribution in [0.2, 0.25) is 0 Å². The number of benzene rings is 1. The molecule has 1 atom stereocenters. The van der Waals surface area contributed by atoms with Gasteiger partial charge in [-0.15, -0.1) is 22.7 Å². The van der Waals surface area contributed by atoms with Gasteiger partial charge in [-0.05, 0) is 61.9 Å². The monoisotopic (exact) mass is 439 g/mol. The normalized spacial score (nSPS) is 20.5. The van der Waals surface area contributed by atoms with Crippen LogP contribution in [0.25, 0.3) is 10.6 Å². The third-order valence-corrected chi connectivity index (χ3v) is 7.54. The molecule has 1 saturated heterocycles. The zero-order valence-corrected chi connectivity index (χ0v) is 18.1. The molecule has 0 radical (unpaired) electrons. The molecule has 6 nitrogen and oxygen atoms in total. The summed E-state index contributed by atoms with van der Waals surface area (Å²) in [5, 5.41) is 7.76. The highest BCUT2D eigenvalue weighted by molar-refractivity contribution is 7.13. The minimum atomic E-state index is -0.904. The fourth-order valence-corrected chi connectivity index (χ4v) is 6.04. The molecule has 5 rings (SSSR count). The Morgan fingerprint density at radius 2 is 2.03 bits per heavy atom. The average molecular weight is 440 g/mol. The molecule has 1 aromatic carbocycles. The fourth-order valence-electron chi connectivity index (χ4n) is 4.22. The van der Waals surface area contributed by atoms with Gasteiger partial charge < -0.3 is 10.1 Å². The molecule has 3 aromatic rings. The molecular weight excluding hydrogens is 418 g/mol. The van der Waals surface area contributed by atoms with E-state index < -0.39 is 5.54 Å². The fraction of sp³-hybridized carbons (Fsp3) is 0.318. The Hall–Kier alpha value is -2.71. The molecule has 8 heteroatoms. The lowest BCUT2D eigenvalue weighted by Crippen LogP contribution is -2.46. The van der Waals surface area contributed by atoms with E-state index in [0.717, 1.165) is 34.7 Å². The molecule has 1 N–H and O–H groups in total. The third kappa shape index (κ3) is 3.11. The lowest BCUT2D eigenvalue weighted by Gasteiger charge is -2.31. The van der Waals surface area contributed by atoms with E-state index in [9.17, 15) is 9.59 Å². The number of rotatable bonds is 5. The van der Waals surface area contributed by atoms with E-state index in [0.29, 0.717) is 18.7 Å². The van der Waals surface area contributed by atoms with Crippen molar-refractivity contribution in [3.05, 3.63) is 57.2 Å². The Morgan fingerprint density at radius 3 is 2.83 bits per heavy atom.